The number of ether oxygens (including phenoxy) is 2. The van der Waals surface area contributed by atoms with Crippen LogP contribution in [0.2, 0.25) is 0 Å². The number of anilines is 1. The minimum Gasteiger partial charge on any atom is -0.462 e. The van der Waals surface area contributed by atoms with Gasteiger partial charge in [-0.3, -0.25) is 9.59 Å². The Morgan fingerprint density at radius 1 is 0.580 bits per heavy atom. The molecule has 1 aromatic rings. The minimum atomic E-state index is -0.522. The fraction of sp³-hybridized carbons (Fsp3) is 0.600. The van der Waals surface area contributed by atoms with Crippen molar-refractivity contribution in [3.8, 4) is 0 Å². The molecule has 0 aliphatic carbocycles. The summed E-state index contributed by atoms with van der Waals surface area (Å²) in [7, 11) is 0. The number of para-hydroxylation sites is 1. The van der Waals surface area contributed by atoms with Gasteiger partial charge in [-0.1, -0.05) is 144 Å². The van der Waals surface area contributed by atoms with Crippen LogP contribution in [0.4, 0.5) is 5.69 Å². The van der Waals surface area contributed by atoms with Gasteiger partial charge >= 0.3 is 11.9 Å². The Morgan fingerprint density at radius 2 is 1.06 bits per heavy atom. The van der Waals surface area contributed by atoms with Gasteiger partial charge in [-0.05, 0) is 89.2 Å². The van der Waals surface area contributed by atoms with Crippen molar-refractivity contribution in [2.75, 3.05) is 18.5 Å². The lowest BCUT2D eigenvalue weighted by Gasteiger charge is -2.19. The van der Waals surface area contributed by atoms with Crippen LogP contribution in [0.1, 0.15) is 155 Å². The molecule has 1 aromatic carbocycles. The van der Waals surface area contributed by atoms with Crippen molar-refractivity contribution in [1.82, 2.24) is 0 Å². The Morgan fingerprint density at radius 3 is 1.62 bits per heavy atom. The zero-order chi connectivity index (χ0) is 36.0. The number of nitrogens with one attached hydrogen (secondary N) is 1. The van der Waals surface area contributed by atoms with E-state index >= 15 is 0 Å². The van der Waals surface area contributed by atoms with E-state index in [0.717, 1.165) is 82.7 Å². The molecule has 0 radical (unpaired) electrons. The van der Waals surface area contributed by atoms with Gasteiger partial charge in [-0.2, -0.15) is 0 Å². The van der Waals surface area contributed by atoms with Crippen molar-refractivity contribution in [3.63, 3.8) is 0 Å². The maximum absolute atomic E-state index is 12.7. The van der Waals surface area contributed by atoms with Crippen LogP contribution in [0.25, 0.3) is 0 Å². The summed E-state index contributed by atoms with van der Waals surface area (Å²) in [4.78, 5) is 25.1. The molecule has 0 saturated heterocycles. The first kappa shape index (κ1) is 44.7. The molecule has 1 rings (SSSR count). The summed E-state index contributed by atoms with van der Waals surface area (Å²) >= 11 is 0. The summed E-state index contributed by atoms with van der Waals surface area (Å²) in [5, 5.41) is 3.31. The summed E-state index contributed by atoms with van der Waals surface area (Å²) in [5.74, 6) is -0.446. The standard InChI is InChI=1S/C45H71NO4/c1-3-5-7-9-11-13-15-17-19-21-23-25-27-29-34-38-44(47)49-41-43(40-46-42-36-32-31-33-37-42)50-45(48)39-35-30-28-26-24-22-20-18-16-14-12-10-8-6-4-2/h5,7,11-14,17-20,31-33,36-37,43,46H,3-4,6,8-10,15-16,21-30,34-35,38-41H2,1-2H3/b7-5-,13-11-,14-12-,19-17-,20-18-. The molecular formula is C45H71NO4. The molecule has 0 heterocycles. The van der Waals surface area contributed by atoms with Crippen LogP contribution in [0.5, 0.6) is 0 Å². The molecule has 280 valence electrons. The average Bonchev–Trinajstić information content (AvgIpc) is 3.13. The molecule has 1 N–H and O–H groups in total. The van der Waals surface area contributed by atoms with Gasteiger partial charge in [-0.25, -0.2) is 0 Å². The summed E-state index contributed by atoms with van der Waals surface area (Å²) in [6.07, 6.45) is 44.9. The van der Waals surface area contributed by atoms with E-state index in [4.69, 9.17) is 9.47 Å². The first-order chi connectivity index (χ1) is 24.7. The number of carbonyl (C=O) groups excluding carboxylic acids is 2. The highest BCUT2D eigenvalue weighted by atomic mass is 16.6. The van der Waals surface area contributed by atoms with Gasteiger partial charge < -0.3 is 14.8 Å². The molecule has 0 aliphatic heterocycles. The van der Waals surface area contributed by atoms with Crippen molar-refractivity contribution in [2.45, 2.75) is 161 Å². The number of esters is 2. The van der Waals surface area contributed by atoms with Crippen molar-refractivity contribution in [3.05, 3.63) is 91.1 Å². The van der Waals surface area contributed by atoms with Crippen LogP contribution in [0, 0.1) is 0 Å². The molecule has 0 aromatic heterocycles. The van der Waals surface area contributed by atoms with Gasteiger partial charge in [0.05, 0.1) is 6.54 Å². The Kier molecular flexibility index (Phi) is 31.7. The van der Waals surface area contributed by atoms with Gasteiger partial charge in [0.15, 0.2) is 6.10 Å². The monoisotopic (exact) mass is 690 g/mol. The van der Waals surface area contributed by atoms with E-state index < -0.39 is 6.10 Å². The number of hydrogen-bond acceptors (Lipinski definition) is 5. The van der Waals surface area contributed by atoms with E-state index in [0.29, 0.717) is 19.4 Å². The molecular weight excluding hydrogens is 618 g/mol. The minimum absolute atomic E-state index is 0.0730. The number of benzene rings is 1. The van der Waals surface area contributed by atoms with E-state index in [9.17, 15) is 9.59 Å². The second kappa shape index (κ2) is 35.5. The van der Waals surface area contributed by atoms with E-state index in [-0.39, 0.29) is 18.5 Å². The van der Waals surface area contributed by atoms with Crippen molar-refractivity contribution >= 4 is 17.6 Å². The average molecular weight is 690 g/mol. The predicted octanol–water partition coefficient (Wildman–Crippen LogP) is 13.0. The molecule has 50 heavy (non-hydrogen) atoms. The topological polar surface area (TPSA) is 64.6 Å². The van der Waals surface area contributed by atoms with Gasteiger partial charge in [0.2, 0.25) is 0 Å². The number of hydrogen-bond donors (Lipinski definition) is 1. The lowest BCUT2D eigenvalue weighted by molar-refractivity contribution is -0.158. The summed E-state index contributed by atoms with van der Waals surface area (Å²) < 4.78 is 11.3. The van der Waals surface area contributed by atoms with Gasteiger partial charge in [0, 0.05) is 18.5 Å². The molecule has 5 heteroatoms. The molecule has 1 atom stereocenters. The third-order valence-electron chi connectivity index (χ3n) is 8.40. The Hall–Kier alpha value is -3.34. The number of unbranched alkanes of at least 4 members (excludes halogenated alkanes) is 13. The highest BCUT2D eigenvalue weighted by Crippen LogP contribution is 2.12. The summed E-state index contributed by atoms with van der Waals surface area (Å²) in [5.41, 5.74) is 0.941. The normalized spacial score (nSPS) is 12.6. The Balaban J connectivity index is 2.20. The maximum atomic E-state index is 12.7. The van der Waals surface area contributed by atoms with E-state index in [1.807, 2.05) is 30.3 Å². The maximum Gasteiger partial charge on any atom is 0.306 e. The highest BCUT2D eigenvalue weighted by Gasteiger charge is 2.17. The lowest BCUT2D eigenvalue weighted by atomic mass is 10.1. The molecule has 0 saturated carbocycles. The van der Waals surface area contributed by atoms with Crippen LogP contribution in [-0.2, 0) is 19.1 Å². The number of rotatable bonds is 33. The highest BCUT2D eigenvalue weighted by molar-refractivity contribution is 5.70. The second-order valence-corrected chi connectivity index (χ2v) is 13.1. The SMILES string of the molecule is CC/C=C\C/C=C\C/C=C\CCCCCCCC(=O)OCC(CNc1ccccc1)OC(=O)CCCCCCC/C=C\C/C=C\CCCCC. The van der Waals surface area contributed by atoms with Crippen molar-refractivity contribution in [1.29, 1.82) is 0 Å². The smallest absolute Gasteiger partial charge is 0.306 e. The molecule has 0 amide bonds. The summed E-state index contributed by atoms with van der Waals surface area (Å²) in [6, 6.07) is 9.81. The molecule has 1 unspecified atom stereocenters. The van der Waals surface area contributed by atoms with Crippen LogP contribution >= 0.6 is 0 Å². The molecule has 0 spiro atoms. The van der Waals surface area contributed by atoms with Gasteiger partial charge in [0.1, 0.15) is 6.61 Å². The van der Waals surface area contributed by atoms with Gasteiger partial charge in [-0.15, -0.1) is 0 Å². The first-order valence-electron chi connectivity index (χ1n) is 20.0. The first-order valence-corrected chi connectivity index (χ1v) is 20.0. The summed E-state index contributed by atoms with van der Waals surface area (Å²) in [6.45, 7) is 4.86. The van der Waals surface area contributed by atoms with Crippen molar-refractivity contribution < 1.29 is 19.1 Å². The van der Waals surface area contributed by atoms with Gasteiger partial charge in [0.25, 0.3) is 0 Å². The van der Waals surface area contributed by atoms with Crippen LogP contribution in [-0.4, -0.2) is 31.2 Å². The van der Waals surface area contributed by atoms with Crippen LogP contribution in [0.15, 0.2) is 91.1 Å². The third-order valence-corrected chi connectivity index (χ3v) is 8.40. The quantitative estimate of drug-likeness (QED) is 0.0452. The van der Waals surface area contributed by atoms with E-state index in [2.05, 4.69) is 79.9 Å². The van der Waals surface area contributed by atoms with Crippen LogP contribution < -0.4 is 5.32 Å². The second-order valence-electron chi connectivity index (χ2n) is 13.1. The third kappa shape index (κ3) is 30.7. The molecule has 0 bridgehead atoms. The zero-order valence-corrected chi connectivity index (χ0v) is 31.8. The number of carbonyl (C=O) groups is 2. The van der Waals surface area contributed by atoms with Crippen molar-refractivity contribution in [2.24, 2.45) is 0 Å². The zero-order valence-electron chi connectivity index (χ0n) is 31.8. The Bertz CT molecular complexity index is 1070. The fourth-order valence-electron chi connectivity index (χ4n) is 5.39. The fourth-order valence-corrected chi connectivity index (χ4v) is 5.39. The van der Waals surface area contributed by atoms with Crippen LogP contribution in [0.3, 0.4) is 0 Å². The molecule has 5 nitrogen and oxygen atoms in total. The Labute approximate surface area is 306 Å². The molecule has 0 aliphatic rings. The largest absolute Gasteiger partial charge is 0.462 e. The van der Waals surface area contributed by atoms with E-state index in [1.165, 1.54) is 51.4 Å². The predicted molar refractivity (Wildman–Crippen MR) is 214 cm³/mol. The van der Waals surface area contributed by atoms with E-state index in [1.54, 1.807) is 0 Å². The lowest BCUT2D eigenvalue weighted by Crippen LogP contribution is -2.31. The molecule has 0 fully saturated rings. The number of allylic oxidation sites excluding steroid dienone is 10.